The number of pyridine rings is 1. The molecule has 0 radical (unpaired) electrons. The Kier molecular flexibility index (Phi) is 8.15. The largest absolute Gasteiger partial charge is 0.503 e. The van der Waals surface area contributed by atoms with Crippen molar-refractivity contribution in [3.63, 3.8) is 0 Å². The van der Waals surface area contributed by atoms with Gasteiger partial charge in [0.1, 0.15) is 18.2 Å². The molecule has 1 amide bonds. The summed E-state index contributed by atoms with van der Waals surface area (Å²) in [5.41, 5.74) is 3.29. The molecular weight excluding hydrogens is 456 g/mol. The predicted octanol–water partition coefficient (Wildman–Crippen LogP) is 2.19. The summed E-state index contributed by atoms with van der Waals surface area (Å²) in [4.78, 5) is 24.8. The molecule has 0 aliphatic heterocycles. The number of aryl methyl sites for hydroxylation is 1. The fourth-order valence-corrected chi connectivity index (χ4v) is 3.17. The van der Waals surface area contributed by atoms with Gasteiger partial charge in [-0.25, -0.2) is 5.43 Å². The van der Waals surface area contributed by atoms with Gasteiger partial charge >= 0.3 is 0 Å². The van der Waals surface area contributed by atoms with Crippen LogP contribution in [0, 0.1) is 18.3 Å². The highest BCUT2D eigenvalue weighted by Gasteiger charge is 2.15. The van der Waals surface area contributed by atoms with E-state index in [2.05, 4.69) is 26.5 Å². The second kappa shape index (κ2) is 10.6. The highest BCUT2D eigenvalue weighted by atomic mass is 79.9. The van der Waals surface area contributed by atoms with E-state index >= 15 is 0 Å². The van der Waals surface area contributed by atoms with E-state index < -0.39 is 11.5 Å². The molecule has 1 heterocycles. The minimum absolute atomic E-state index is 0.0295. The molecule has 2 aromatic rings. The third kappa shape index (κ3) is 5.46. The summed E-state index contributed by atoms with van der Waals surface area (Å²) in [5, 5.41) is 23.1. The SMILES string of the molecule is CCOc1cc(/C=N\NC(=O)Cn2c(C)cc(COC)c(C#N)c2=O)cc(Br)c1O. The molecule has 158 valence electrons. The molecule has 9 nitrogen and oxygen atoms in total. The third-order valence-electron chi connectivity index (χ3n) is 4.06. The summed E-state index contributed by atoms with van der Waals surface area (Å²) in [6.07, 6.45) is 1.38. The summed E-state index contributed by atoms with van der Waals surface area (Å²) < 4.78 is 12.0. The van der Waals surface area contributed by atoms with Crippen molar-refractivity contribution in [3.8, 4) is 17.6 Å². The first-order valence-electron chi connectivity index (χ1n) is 8.91. The first-order valence-corrected chi connectivity index (χ1v) is 9.71. The number of benzene rings is 1. The third-order valence-corrected chi connectivity index (χ3v) is 4.66. The van der Waals surface area contributed by atoms with Crippen molar-refractivity contribution in [1.82, 2.24) is 9.99 Å². The van der Waals surface area contributed by atoms with Crippen LogP contribution in [-0.4, -0.2) is 35.5 Å². The van der Waals surface area contributed by atoms with E-state index in [1.807, 2.05) is 6.07 Å². The van der Waals surface area contributed by atoms with Gasteiger partial charge in [-0.3, -0.25) is 9.59 Å². The zero-order valence-electron chi connectivity index (χ0n) is 16.7. The molecule has 1 aromatic heterocycles. The summed E-state index contributed by atoms with van der Waals surface area (Å²) >= 11 is 3.23. The Labute approximate surface area is 181 Å². The van der Waals surface area contributed by atoms with Gasteiger partial charge in [0.15, 0.2) is 11.5 Å². The predicted molar refractivity (Wildman–Crippen MR) is 114 cm³/mol. The minimum atomic E-state index is -0.562. The normalized spacial score (nSPS) is 10.8. The van der Waals surface area contributed by atoms with Gasteiger partial charge in [-0.15, -0.1) is 0 Å². The molecule has 0 saturated carbocycles. The van der Waals surface area contributed by atoms with Gasteiger partial charge in [0.2, 0.25) is 0 Å². The zero-order chi connectivity index (χ0) is 22.3. The van der Waals surface area contributed by atoms with E-state index in [9.17, 15) is 20.0 Å². The van der Waals surface area contributed by atoms with Crippen molar-refractivity contribution in [1.29, 1.82) is 5.26 Å². The number of aromatic nitrogens is 1. The lowest BCUT2D eigenvalue weighted by atomic mass is 10.1. The number of carbonyl (C=O) groups excluding carboxylic acids is 1. The molecule has 10 heteroatoms. The van der Waals surface area contributed by atoms with Crippen LogP contribution in [0.4, 0.5) is 0 Å². The smallest absolute Gasteiger partial charge is 0.269 e. The maximum Gasteiger partial charge on any atom is 0.269 e. The number of halogens is 1. The number of phenols is 1. The van der Waals surface area contributed by atoms with Crippen LogP contribution < -0.4 is 15.7 Å². The number of hydrogen-bond acceptors (Lipinski definition) is 7. The highest BCUT2D eigenvalue weighted by molar-refractivity contribution is 9.10. The number of phenolic OH excluding ortho intramolecular Hbond substituents is 1. The van der Waals surface area contributed by atoms with E-state index in [0.717, 1.165) is 0 Å². The molecule has 2 rings (SSSR count). The summed E-state index contributed by atoms with van der Waals surface area (Å²) in [6.45, 7) is 3.66. The first kappa shape index (κ1) is 23.1. The Balaban J connectivity index is 2.16. The lowest BCUT2D eigenvalue weighted by Gasteiger charge is -2.12. The topological polar surface area (TPSA) is 126 Å². The second-order valence-electron chi connectivity index (χ2n) is 6.20. The summed E-state index contributed by atoms with van der Waals surface area (Å²) in [6, 6.07) is 6.69. The maximum absolute atomic E-state index is 12.5. The van der Waals surface area contributed by atoms with Crippen molar-refractivity contribution >= 4 is 28.1 Å². The summed E-state index contributed by atoms with van der Waals surface area (Å²) in [5.74, 6) is -0.289. The van der Waals surface area contributed by atoms with Crippen LogP contribution in [0.2, 0.25) is 0 Å². The molecule has 0 bridgehead atoms. The van der Waals surface area contributed by atoms with Gasteiger partial charge in [0.05, 0.1) is 23.9 Å². The van der Waals surface area contributed by atoms with Crippen LogP contribution in [-0.2, 0) is 22.7 Å². The molecule has 1 aromatic carbocycles. The molecule has 0 aliphatic carbocycles. The van der Waals surface area contributed by atoms with Crippen LogP contribution in [0.5, 0.6) is 11.5 Å². The summed E-state index contributed by atoms with van der Waals surface area (Å²) in [7, 11) is 1.47. The van der Waals surface area contributed by atoms with Crippen LogP contribution >= 0.6 is 15.9 Å². The number of ether oxygens (including phenoxy) is 2. The van der Waals surface area contributed by atoms with Gasteiger partial charge in [-0.2, -0.15) is 10.4 Å². The Morgan fingerprint density at radius 1 is 1.43 bits per heavy atom. The fourth-order valence-electron chi connectivity index (χ4n) is 2.71. The molecule has 0 unspecified atom stereocenters. The second-order valence-corrected chi connectivity index (χ2v) is 7.05. The molecule has 0 aliphatic rings. The fraction of sp³-hybridized carbons (Fsp3) is 0.300. The molecule has 0 fully saturated rings. The van der Waals surface area contributed by atoms with Crippen molar-refractivity contribution in [2.75, 3.05) is 13.7 Å². The molecule has 0 saturated heterocycles. The van der Waals surface area contributed by atoms with Gasteiger partial charge in [0, 0.05) is 18.4 Å². The molecular formula is C20H21BrN4O5. The number of aromatic hydroxyl groups is 1. The maximum atomic E-state index is 12.5. The van der Waals surface area contributed by atoms with Gasteiger partial charge in [-0.1, -0.05) is 0 Å². The van der Waals surface area contributed by atoms with Crippen LogP contribution in [0.25, 0.3) is 0 Å². The Morgan fingerprint density at radius 2 is 2.17 bits per heavy atom. The van der Waals surface area contributed by atoms with E-state index in [1.165, 1.54) is 17.9 Å². The zero-order valence-corrected chi connectivity index (χ0v) is 18.3. The average Bonchev–Trinajstić information content (AvgIpc) is 2.69. The van der Waals surface area contributed by atoms with Crippen molar-refractivity contribution in [2.45, 2.75) is 27.0 Å². The molecule has 0 atom stereocenters. The van der Waals surface area contributed by atoms with Crippen molar-refractivity contribution in [3.05, 3.63) is 55.4 Å². The quantitative estimate of drug-likeness (QED) is 0.444. The van der Waals surface area contributed by atoms with Crippen molar-refractivity contribution < 1.29 is 19.4 Å². The number of methoxy groups -OCH3 is 1. The number of nitrogens with one attached hydrogen (secondary N) is 1. The number of hydrogen-bond donors (Lipinski definition) is 2. The van der Waals surface area contributed by atoms with E-state index in [0.29, 0.717) is 27.9 Å². The Morgan fingerprint density at radius 3 is 2.80 bits per heavy atom. The monoisotopic (exact) mass is 476 g/mol. The lowest BCUT2D eigenvalue weighted by Crippen LogP contribution is -2.33. The Hall–Kier alpha value is -3.16. The molecule has 30 heavy (non-hydrogen) atoms. The van der Waals surface area contributed by atoms with E-state index in [4.69, 9.17) is 9.47 Å². The van der Waals surface area contributed by atoms with E-state index in [1.54, 1.807) is 32.0 Å². The minimum Gasteiger partial charge on any atom is -0.503 e. The number of amides is 1. The number of nitrogens with zero attached hydrogens (tertiary/aromatic N) is 3. The van der Waals surface area contributed by atoms with E-state index in [-0.39, 0.29) is 30.2 Å². The average molecular weight is 477 g/mol. The number of nitriles is 1. The molecule has 2 N–H and O–H groups in total. The first-order chi connectivity index (χ1) is 14.3. The number of hydrazone groups is 1. The van der Waals surface area contributed by atoms with Gasteiger partial charge < -0.3 is 19.1 Å². The highest BCUT2D eigenvalue weighted by Crippen LogP contribution is 2.35. The van der Waals surface area contributed by atoms with Gasteiger partial charge in [-0.05, 0) is 53.5 Å². The lowest BCUT2D eigenvalue weighted by molar-refractivity contribution is -0.121. The van der Waals surface area contributed by atoms with Crippen molar-refractivity contribution in [2.24, 2.45) is 5.10 Å². The van der Waals surface area contributed by atoms with Crippen LogP contribution in [0.1, 0.15) is 29.3 Å². The van der Waals surface area contributed by atoms with Crippen LogP contribution in [0.3, 0.4) is 0 Å². The molecule has 0 spiro atoms. The number of carbonyl (C=O) groups is 1. The Bertz CT molecular complexity index is 1070. The number of rotatable bonds is 8. The van der Waals surface area contributed by atoms with Crippen LogP contribution in [0.15, 0.2) is 32.6 Å². The standard InChI is InChI=1S/C20H21BrN4O5/c1-4-30-17-7-13(6-16(21)19(17)27)9-23-24-18(26)10-25-12(2)5-14(11-29-3)15(8-22)20(25)28/h5-7,9,27H,4,10-11H2,1-3H3,(H,24,26)/b23-9-. The van der Waals surface area contributed by atoms with Gasteiger partial charge in [0.25, 0.3) is 11.5 Å².